The number of aryl methyl sites for hydroxylation is 1. The van der Waals surface area contributed by atoms with Crippen molar-refractivity contribution in [2.24, 2.45) is 0 Å². The van der Waals surface area contributed by atoms with Crippen LogP contribution >= 0.6 is 0 Å². The molecule has 7 nitrogen and oxygen atoms in total. The molecule has 1 amide bonds. The van der Waals surface area contributed by atoms with Gasteiger partial charge in [-0.3, -0.25) is 9.59 Å². The molecule has 3 aromatic rings. The number of benzene rings is 2. The van der Waals surface area contributed by atoms with Crippen LogP contribution in [0.4, 0.5) is 0 Å². The quantitative estimate of drug-likeness (QED) is 0.686. The molecular formula is C20H21N3O4S. The van der Waals surface area contributed by atoms with Crippen molar-refractivity contribution < 1.29 is 13.2 Å². The first-order chi connectivity index (χ1) is 13.2. The minimum absolute atomic E-state index is 0.0305. The third-order valence-corrected chi connectivity index (χ3v) is 6.20. The Kier molecular flexibility index (Phi) is 5.35. The molecule has 3 rings (SSSR count). The summed E-state index contributed by atoms with van der Waals surface area (Å²) in [7, 11) is -0.784. The summed E-state index contributed by atoms with van der Waals surface area (Å²) in [6.45, 7) is 1.99. The summed E-state index contributed by atoms with van der Waals surface area (Å²) in [5, 5.41) is 3.55. The third kappa shape index (κ3) is 3.97. The van der Waals surface area contributed by atoms with Crippen LogP contribution in [0, 0.1) is 6.92 Å². The second-order valence-corrected chi connectivity index (χ2v) is 8.86. The maximum atomic E-state index is 12.5. The van der Waals surface area contributed by atoms with Crippen molar-refractivity contribution in [1.29, 1.82) is 0 Å². The highest BCUT2D eigenvalue weighted by Crippen LogP contribution is 2.16. The van der Waals surface area contributed by atoms with Crippen molar-refractivity contribution in [3.05, 3.63) is 75.6 Å². The first-order valence-electron chi connectivity index (χ1n) is 8.62. The van der Waals surface area contributed by atoms with Crippen molar-refractivity contribution in [1.82, 2.24) is 14.6 Å². The van der Waals surface area contributed by atoms with E-state index in [0.29, 0.717) is 5.56 Å². The molecule has 0 aliphatic heterocycles. The lowest BCUT2D eigenvalue weighted by atomic mass is 10.1. The van der Waals surface area contributed by atoms with Crippen LogP contribution in [0.1, 0.15) is 21.5 Å². The van der Waals surface area contributed by atoms with E-state index in [9.17, 15) is 18.0 Å². The molecule has 0 atom stereocenters. The van der Waals surface area contributed by atoms with Crippen molar-refractivity contribution >= 4 is 26.8 Å². The van der Waals surface area contributed by atoms with Crippen LogP contribution in [0.25, 0.3) is 10.9 Å². The Morgan fingerprint density at radius 2 is 1.86 bits per heavy atom. The smallest absolute Gasteiger partial charge is 0.253 e. The maximum Gasteiger partial charge on any atom is 0.253 e. The molecular weight excluding hydrogens is 378 g/mol. The number of carbonyl (C=O) groups excluding carboxylic acids is 1. The van der Waals surface area contributed by atoms with Crippen molar-refractivity contribution in [2.75, 3.05) is 14.1 Å². The fourth-order valence-electron chi connectivity index (χ4n) is 2.79. The summed E-state index contributed by atoms with van der Waals surface area (Å²) >= 11 is 0. The highest BCUT2D eigenvalue weighted by Gasteiger charge is 2.18. The average molecular weight is 399 g/mol. The molecule has 146 valence electrons. The lowest BCUT2D eigenvalue weighted by Crippen LogP contribution is -2.27. The third-order valence-electron chi connectivity index (χ3n) is 4.39. The van der Waals surface area contributed by atoms with Crippen LogP contribution in [-0.2, 0) is 16.6 Å². The molecule has 0 bridgehead atoms. The second-order valence-electron chi connectivity index (χ2n) is 6.71. The van der Waals surface area contributed by atoms with Gasteiger partial charge in [0.05, 0.1) is 4.90 Å². The van der Waals surface area contributed by atoms with E-state index in [1.54, 1.807) is 6.07 Å². The molecule has 0 saturated heterocycles. The van der Waals surface area contributed by atoms with Gasteiger partial charge >= 0.3 is 0 Å². The number of pyridine rings is 1. The minimum atomic E-state index is -3.64. The number of sulfonamides is 1. The lowest BCUT2D eigenvalue weighted by Gasteiger charge is -2.12. The van der Waals surface area contributed by atoms with E-state index in [1.165, 1.54) is 38.4 Å². The number of hydrogen-bond donors (Lipinski definition) is 2. The Bertz CT molecular complexity index is 1210. The number of nitrogens with zero attached hydrogens (tertiary/aromatic N) is 1. The van der Waals surface area contributed by atoms with Crippen LogP contribution < -0.4 is 10.9 Å². The van der Waals surface area contributed by atoms with Gasteiger partial charge < -0.3 is 10.3 Å². The zero-order valence-electron chi connectivity index (χ0n) is 15.8. The zero-order valence-corrected chi connectivity index (χ0v) is 16.6. The number of rotatable bonds is 5. The standard InChI is InChI=1S/C20H21N3O4S/c1-13-7-8-18-15(9-13)10-16(20(25)22-18)12-21-19(24)14-5-4-6-17(11-14)28(26,27)23(2)3/h4-11H,12H2,1-3H3,(H,21,24)(H,22,25). The number of carbonyl (C=O) groups is 1. The van der Waals surface area contributed by atoms with Crippen molar-refractivity contribution in [3.8, 4) is 0 Å². The molecule has 8 heteroatoms. The highest BCUT2D eigenvalue weighted by atomic mass is 32.2. The van der Waals surface area contributed by atoms with Gasteiger partial charge in [-0.15, -0.1) is 0 Å². The van der Waals surface area contributed by atoms with E-state index in [4.69, 9.17) is 0 Å². The van der Waals surface area contributed by atoms with E-state index >= 15 is 0 Å². The molecule has 0 aliphatic rings. The minimum Gasteiger partial charge on any atom is -0.348 e. The van der Waals surface area contributed by atoms with Gasteiger partial charge in [0.2, 0.25) is 10.0 Å². The number of aromatic nitrogens is 1. The molecule has 1 heterocycles. The molecule has 2 N–H and O–H groups in total. The molecule has 0 unspecified atom stereocenters. The van der Waals surface area contributed by atoms with Gasteiger partial charge in [-0.25, -0.2) is 12.7 Å². The molecule has 1 aromatic heterocycles. The van der Waals surface area contributed by atoms with Crippen LogP contribution in [0.15, 0.2) is 58.2 Å². The second kappa shape index (κ2) is 7.57. The predicted molar refractivity (Wildman–Crippen MR) is 108 cm³/mol. The normalized spacial score (nSPS) is 11.7. The summed E-state index contributed by atoms with van der Waals surface area (Å²) in [6, 6.07) is 13.2. The monoisotopic (exact) mass is 399 g/mol. The Hall–Kier alpha value is -2.97. The van der Waals surface area contributed by atoms with Gasteiger partial charge in [0.15, 0.2) is 0 Å². The van der Waals surface area contributed by atoms with Gasteiger partial charge in [-0.2, -0.15) is 0 Å². The summed E-state index contributed by atoms with van der Waals surface area (Å²) in [5.41, 5.74) is 2.14. The Balaban J connectivity index is 1.82. The SMILES string of the molecule is Cc1ccc2[nH]c(=O)c(CNC(=O)c3cccc(S(=O)(=O)N(C)C)c3)cc2c1. The number of fused-ring (bicyclic) bond motifs is 1. The largest absolute Gasteiger partial charge is 0.348 e. The Morgan fingerprint density at radius 1 is 1.11 bits per heavy atom. The molecule has 0 saturated carbocycles. The summed E-state index contributed by atoms with van der Waals surface area (Å²) < 4.78 is 25.5. The zero-order chi connectivity index (χ0) is 20.5. The van der Waals surface area contributed by atoms with Crippen molar-refractivity contribution in [3.63, 3.8) is 0 Å². The van der Waals surface area contributed by atoms with E-state index in [1.807, 2.05) is 25.1 Å². The van der Waals surface area contributed by atoms with Crippen LogP contribution in [0.5, 0.6) is 0 Å². The predicted octanol–water partition coefficient (Wildman–Crippen LogP) is 2.02. The number of H-pyrrole nitrogens is 1. The average Bonchev–Trinajstić information content (AvgIpc) is 2.66. The van der Waals surface area contributed by atoms with Gasteiger partial charge in [-0.05, 0) is 48.7 Å². The Morgan fingerprint density at radius 3 is 2.57 bits per heavy atom. The molecule has 28 heavy (non-hydrogen) atoms. The fraction of sp³-hybridized carbons (Fsp3) is 0.200. The molecule has 0 aliphatic carbocycles. The van der Waals surface area contributed by atoms with Gasteiger partial charge in [-0.1, -0.05) is 17.7 Å². The molecule has 0 fully saturated rings. The van der Waals surface area contributed by atoms with E-state index in [0.717, 1.165) is 20.8 Å². The number of amides is 1. The first kappa shape index (κ1) is 19.8. The molecule has 2 aromatic carbocycles. The van der Waals surface area contributed by atoms with Gasteiger partial charge in [0, 0.05) is 37.3 Å². The van der Waals surface area contributed by atoms with Gasteiger partial charge in [0.1, 0.15) is 0 Å². The van der Waals surface area contributed by atoms with E-state index in [2.05, 4.69) is 10.3 Å². The number of nitrogens with one attached hydrogen (secondary N) is 2. The van der Waals surface area contributed by atoms with E-state index < -0.39 is 15.9 Å². The molecule has 0 radical (unpaired) electrons. The molecule has 0 spiro atoms. The summed E-state index contributed by atoms with van der Waals surface area (Å²) in [4.78, 5) is 27.5. The number of aromatic amines is 1. The lowest BCUT2D eigenvalue weighted by molar-refractivity contribution is 0.0950. The van der Waals surface area contributed by atoms with Crippen molar-refractivity contribution in [2.45, 2.75) is 18.4 Å². The first-order valence-corrected chi connectivity index (χ1v) is 10.1. The summed E-state index contributed by atoms with van der Waals surface area (Å²) in [5.74, 6) is -0.459. The summed E-state index contributed by atoms with van der Waals surface area (Å²) in [6.07, 6.45) is 0. The van der Waals surface area contributed by atoms with Crippen LogP contribution in [0.3, 0.4) is 0 Å². The maximum absolute atomic E-state index is 12.5. The van der Waals surface area contributed by atoms with E-state index in [-0.39, 0.29) is 22.6 Å². The fourth-order valence-corrected chi connectivity index (χ4v) is 3.74. The van der Waals surface area contributed by atoms with Crippen LogP contribution in [0.2, 0.25) is 0 Å². The number of hydrogen-bond acceptors (Lipinski definition) is 4. The highest BCUT2D eigenvalue weighted by molar-refractivity contribution is 7.89. The van der Waals surface area contributed by atoms with Gasteiger partial charge in [0.25, 0.3) is 11.5 Å². The van der Waals surface area contributed by atoms with Crippen LogP contribution in [-0.4, -0.2) is 37.7 Å². The Labute approximate surface area is 163 Å². The topological polar surface area (TPSA) is 99.3 Å².